The molecule has 1 aliphatic carbocycles. The predicted octanol–water partition coefficient (Wildman–Crippen LogP) is 6.83. The summed E-state index contributed by atoms with van der Waals surface area (Å²) in [5.74, 6) is 2.69. The Labute approximate surface area is 163 Å². The molecule has 0 aromatic rings. The maximum atomic E-state index is 12.9. The van der Waals surface area contributed by atoms with Crippen LogP contribution in [-0.4, -0.2) is 23.9 Å². The average Bonchev–Trinajstić information content (AvgIpc) is 2.63. The van der Waals surface area contributed by atoms with E-state index >= 15 is 0 Å². The minimum Gasteiger partial charge on any atom is -0.342 e. The van der Waals surface area contributed by atoms with Crippen molar-refractivity contribution in [2.75, 3.05) is 13.1 Å². The lowest BCUT2D eigenvalue weighted by atomic mass is 9.56. The number of amides is 1. The van der Waals surface area contributed by atoms with Crippen LogP contribution in [0.2, 0.25) is 0 Å². The van der Waals surface area contributed by atoms with Gasteiger partial charge in [-0.15, -0.1) is 0 Å². The quantitative estimate of drug-likeness (QED) is 0.394. The molecule has 1 spiro atoms. The van der Waals surface area contributed by atoms with Gasteiger partial charge in [0.1, 0.15) is 0 Å². The van der Waals surface area contributed by atoms with Gasteiger partial charge in [-0.25, -0.2) is 0 Å². The van der Waals surface area contributed by atoms with Crippen LogP contribution in [0.3, 0.4) is 0 Å². The molecule has 0 bridgehead atoms. The maximum Gasteiger partial charge on any atom is 0.225 e. The van der Waals surface area contributed by atoms with Gasteiger partial charge in [0, 0.05) is 19.0 Å². The number of hydrogen-bond donors (Lipinski definition) is 0. The molecule has 26 heavy (non-hydrogen) atoms. The van der Waals surface area contributed by atoms with Crippen LogP contribution in [-0.2, 0) is 4.79 Å². The first-order chi connectivity index (χ1) is 12.6. The molecule has 1 atom stereocenters. The highest BCUT2D eigenvalue weighted by atomic mass is 16.2. The monoisotopic (exact) mass is 363 g/mol. The molecule has 0 aromatic carbocycles. The third kappa shape index (κ3) is 5.73. The summed E-state index contributed by atoms with van der Waals surface area (Å²) in [6.07, 6.45) is 16.9. The first kappa shape index (κ1) is 21.8. The van der Waals surface area contributed by atoms with E-state index in [1.54, 1.807) is 0 Å². The smallest absolute Gasteiger partial charge is 0.225 e. The zero-order valence-corrected chi connectivity index (χ0v) is 18.2. The molecule has 1 heterocycles. The van der Waals surface area contributed by atoms with Gasteiger partial charge in [0.25, 0.3) is 0 Å². The standard InChI is InChI=1S/C24H45NO/c1-5-9-12-20(8-4)17-21-18-24(19-21)13-15-25(16-14-24)23(26)22(10-6-2)11-7-3/h20-22H,5-19H2,1-4H3. The molecule has 2 aliphatic rings. The zero-order chi connectivity index (χ0) is 19.0. The van der Waals surface area contributed by atoms with Gasteiger partial charge in [-0.05, 0) is 62.2 Å². The number of rotatable bonds is 11. The van der Waals surface area contributed by atoms with Crippen molar-refractivity contribution in [2.24, 2.45) is 23.2 Å². The van der Waals surface area contributed by atoms with Crippen LogP contribution in [0.1, 0.15) is 111 Å². The van der Waals surface area contributed by atoms with Gasteiger partial charge in [-0.1, -0.05) is 66.2 Å². The van der Waals surface area contributed by atoms with Crippen LogP contribution in [0, 0.1) is 23.2 Å². The van der Waals surface area contributed by atoms with Gasteiger partial charge in [0.2, 0.25) is 5.91 Å². The molecule has 1 aliphatic heterocycles. The van der Waals surface area contributed by atoms with Gasteiger partial charge in [0.05, 0.1) is 0 Å². The molecule has 1 unspecified atom stereocenters. The van der Waals surface area contributed by atoms with Crippen molar-refractivity contribution in [3.8, 4) is 0 Å². The van der Waals surface area contributed by atoms with Gasteiger partial charge >= 0.3 is 0 Å². The van der Waals surface area contributed by atoms with Crippen LogP contribution in [0.5, 0.6) is 0 Å². The van der Waals surface area contributed by atoms with Crippen molar-refractivity contribution < 1.29 is 4.79 Å². The first-order valence-corrected chi connectivity index (χ1v) is 11.9. The Balaban J connectivity index is 1.74. The Morgan fingerprint density at radius 2 is 1.58 bits per heavy atom. The second kappa shape index (κ2) is 10.7. The summed E-state index contributed by atoms with van der Waals surface area (Å²) < 4.78 is 0. The molecule has 1 amide bonds. The molecular weight excluding hydrogens is 318 g/mol. The van der Waals surface area contributed by atoms with Crippen LogP contribution in [0.4, 0.5) is 0 Å². The lowest BCUT2D eigenvalue weighted by Crippen LogP contribution is -2.50. The number of carbonyl (C=O) groups is 1. The Morgan fingerprint density at radius 1 is 0.962 bits per heavy atom. The zero-order valence-electron chi connectivity index (χ0n) is 18.2. The van der Waals surface area contributed by atoms with Crippen LogP contribution in [0.25, 0.3) is 0 Å². The van der Waals surface area contributed by atoms with Gasteiger partial charge < -0.3 is 4.90 Å². The Hall–Kier alpha value is -0.530. The van der Waals surface area contributed by atoms with E-state index in [1.165, 1.54) is 57.8 Å². The summed E-state index contributed by atoms with van der Waals surface area (Å²) in [5, 5.41) is 0. The Morgan fingerprint density at radius 3 is 2.08 bits per heavy atom. The van der Waals surface area contributed by atoms with E-state index in [9.17, 15) is 4.79 Å². The third-order valence-corrected chi connectivity index (χ3v) is 7.41. The van der Waals surface area contributed by atoms with E-state index < -0.39 is 0 Å². The summed E-state index contributed by atoms with van der Waals surface area (Å²) in [6, 6.07) is 0. The number of carbonyl (C=O) groups excluding carboxylic acids is 1. The average molecular weight is 364 g/mol. The highest BCUT2D eigenvalue weighted by molar-refractivity contribution is 5.78. The SMILES string of the molecule is CCCCC(CC)CC1CC2(CCN(C(=O)C(CCC)CCC)CC2)C1. The molecule has 2 fully saturated rings. The number of likely N-dealkylation sites (tertiary alicyclic amines) is 1. The lowest BCUT2D eigenvalue weighted by molar-refractivity contribution is -0.140. The van der Waals surface area contributed by atoms with E-state index in [4.69, 9.17) is 0 Å². The van der Waals surface area contributed by atoms with Crippen molar-refractivity contribution in [1.29, 1.82) is 0 Å². The van der Waals surface area contributed by atoms with Gasteiger partial charge in [-0.3, -0.25) is 4.79 Å². The summed E-state index contributed by atoms with van der Waals surface area (Å²) in [7, 11) is 0. The van der Waals surface area contributed by atoms with E-state index in [1.807, 2.05) is 0 Å². The molecule has 1 saturated heterocycles. The highest BCUT2D eigenvalue weighted by Gasteiger charge is 2.46. The molecule has 2 nitrogen and oxygen atoms in total. The van der Waals surface area contributed by atoms with E-state index in [0.717, 1.165) is 50.6 Å². The summed E-state index contributed by atoms with van der Waals surface area (Å²) in [6.45, 7) is 11.2. The van der Waals surface area contributed by atoms with Crippen LogP contribution in [0.15, 0.2) is 0 Å². The van der Waals surface area contributed by atoms with E-state index in [-0.39, 0.29) is 5.92 Å². The molecule has 2 heteroatoms. The van der Waals surface area contributed by atoms with Crippen molar-refractivity contribution in [2.45, 2.75) is 111 Å². The number of unbranched alkanes of at least 4 members (excludes halogenated alkanes) is 1. The summed E-state index contributed by atoms with van der Waals surface area (Å²) in [5.41, 5.74) is 0.607. The number of nitrogens with zero attached hydrogens (tertiary/aromatic N) is 1. The second-order valence-electron chi connectivity index (χ2n) is 9.53. The number of hydrogen-bond acceptors (Lipinski definition) is 1. The molecular formula is C24H45NO. The normalized spacial score (nSPS) is 21.2. The van der Waals surface area contributed by atoms with Crippen molar-refractivity contribution in [1.82, 2.24) is 4.90 Å². The molecule has 2 rings (SSSR count). The second-order valence-corrected chi connectivity index (χ2v) is 9.53. The number of piperidine rings is 1. The maximum absolute atomic E-state index is 12.9. The Kier molecular flexibility index (Phi) is 8.97. The Bertz CT molecular complexity index is 396. The fraction of sp³-hybridized carbons (Fsp3) is 0.958. The topological polar surface area (TPSA) is 20.3 Å². The van der Waals surface area contributed by atoms with E-state index in [0.29, 0.717) is 11.3 Å². The molecule has 0 radical (unpaired) electrons. The minimum absolute atomic E-state index is 0.289. The van der Waals surface area contributed by atoms with Crippen molar-refractivity contribution >= 4 is 5.91 Å². The molecule has 0 aromatic heterocycles. The molecule has 1 saturated carbocycles. The van der Waals surface area contributed by atoms with Gasteiger partial charge in [0.15, 0.2) is 0 Å². The first-order valence-electron chi connectivity index (χ1n) is 11.9. The fourth-order valence-electron chi connectivity index (χ4n) is 5.74. The van der Waals surface area contributed by atoms with Crippen molar-refractivity contribution in [3.63, 3.8) is 0 Å². The van der Waals surface area contributed by atoms with Gasteiger partial charge in [-0.2, -0.15) is 0 Å². The fourth-order valence-corrected chi connectivity index (χ4v) is 5.74. The van der Waals surface area contributed by atoms with Crippen LogP contribution >= 0.6 is 0 Å². The lowest BCUT2D eigenvalue weighted by Gasteiger charge is -2.53. The summed E-state index contributed by atoms with van der Waals surface area (Å²) in [4.78, 5) is 15.1. The summed E-state index contributed by atoms with van der Waals surface area (Å²) >= 11 is 0. The minimum atomic E-state index is 0.289. The third-order valence-electron chi connectivity index (χ3n) is 7.41. The molecule has 152 valence electrons. The highest BCUT2D eigenvalue weighted by Crippen LogP contribution is 2.54. The molecule has 0 N–H and O–H groups in total. The van der Waals surface area contributed by atoms with Crippen LogP contribution < -0.4 is 0 Å². The van der Waals surface area contributed by atoms with Crippen molar-refractivity contribution in [3.05, 3.63) is 0 Å². The predicted molar refractivity (Wildman–Crippen MR) is 112 cm³/mol. The largest absolute Gasteiger partial charge is 0.342 e. The van der Waals surface area contributed by atoms with E-state index in [2.05, 4.69) is 32.6 Å².